The molecule has 0 unspecified atom stereocenters. The van der Waals surface area contributed by atoms with Crippen LogP contribution in [0.15, 0.2) is 78.9 Å². The average molecular weight is 354 g/mol. The first-order chi connectivity index (χ1) is 11.8. The lowest BCUT2D eigenvalue weighted by molar-refractivity contribution is 0.414. The minimum atomic E-state index is 0. The van der Waals surface area contributed by atoms with Crippen molar-refractivity contribution < 1.29 is 4.74 Å². The number of halogens is 1. The number of hydrogen-bond donors (Lipinski definition) is 1. The third-order valence-corrected chi connectivity index (χ3v) is 4.14. The van der Waals surface area contributed by atoms with Crippen molar-refractivity contribution in [2.75, 3.05) is 13.7 Å². The molecule has 2 nitrogen and oxygen atoms in total. The van der Waals surface area contributed by atoms with Crippen LogP contribution in [0.3, 0.4) is 0 Å². The van der Waals surface area contributed by atoms with Crippen LogP contribution < -0.4 is 10.1 Å². The predicted octanol–water partition coefficient (Wildman–Crippen LogP) is 5.12. The molecule has 25 heavy (non-hydrogen) atoms. The molecule has 0 fully saturated rings. The third-order valence-electron chi connectivity index (χ3n) is 4.14. The van der Waals surface area contributed by atoms with Crippen LogP contribution in [0, 0.1) is 0 Å². The second-order valence-corrected chi connectivity index (χ2v) is 5.84. The van der Waals surface area contributed by atoms with Crippen molar-refractivity contribution in [3.8, 4) is 16.9 Å². The normalized spacial score (nSPS) is 10.1. The second-order valence-electron chi connectivity index (χ2n) is 5.84. The number of benzene rings is 3. The van der Waals surface area contributed by atoms with E-state index >= 15 is 0 Å². The summed E-state index contributed by atoms with van der Waals surface area (Å²) in [4.78, 5) is 0. The zero-order valence-electron chi connectivity index (χ0n) is 14.4. The van der Waals surface area contributed by atoms with Crippen LogP contribution in [0.5, 0.6) is 5.75 Å². The summed E-state index contributed by atoms with van der Waals surface area (Å²) in [5.41, 5.74) is 5.15. The van der Waals surface area contributed by atoms with Gasteiger partial charge in [-0.05, 0) is 47.4 Å². The van der Waals surface area contributed by atoms with Gasteiger partial charge in [-0.2, -0.15) is 0 Å². The summed E-state index contributed by atoms with van der Waals surface area (Å²) in [6.45, 7) is 1.86. The van der Waals surface area contributed by atoms with Gasteiger partial charge < -0.3 is 10.1 Å². The highest BCUT2D eigenvalue weighted by atomic mass is 35.5. The molecule has 0 aliphatic carbocycles. The average Bonchev–Trinajstić information content (AvgIpc) is 2.67. The molecule has 3 rings (SSSR count). The van der Waals surface area contributed by atoms with Gasteiger partial charge in [0.2, 0.25) is 0 Å². The van der Waals surface area contributed by atoms with Gasteiger partial charge in [-0.3, -0.25) is 0 Å². The van der Waals surface area contributed by atoms with Crippen LogP contribution in [-0.2, 0) is 13.0 Å². The Morgan fingerprint density at radius 3 is 1.96 bits per heavy atom. The molecule has 3 heteroatoms. The van der Waals surface area contributed by atoms with Gasteiger partial charge in [0.15, 0.2) is 0 Å². The summed E-state index contributed by atoms with van der Waals surface area (Å²) >= 11 is 0. The Morgan fingerprint density at radius 2 is 1.32 bits per heavy atom. The van der Waals surface area contributed by atoms with E-state index in [1.54, 1.807) is 7.11 Å². The maximum atomic E-state index is 5.18. The van der Waals surface area contributed by atoms with Crippen molar-refractivity contribution in [3.63, 3.8) is 0 Å². The van der Waals surface area contributed by atoms with E-state index in [9.17, 15) is 0 Å². The van der Waals surface area contributed by atoms with Gasteiger partial charge in [0, 0.05) is 6.54 Å². The van der Waals surface area contributed by atoms with Gasteiger partial charge in [-0.1, -0.05) is 66.7 Å². The molecule has 0 atom stereocenters. The molecular weight excluding hydrogens is 330 g/mol. The SMILES string of the molecule is COc1ccc(CCNCc2ccc(-c3ccccc3)cc2)cc1.Cl. The Hall–Kier alpha value is -2.29. The molecule has 0 spiro atoms. The summed E-state index contributed by atoms with van der Waals surface area (Å²) in [5.74, 6) is 0.908. The quantitative estimate of drug-likeness (QED) is 0.595. The van der Waals surface area contributed by atoms with Crippen LogP contribution in [0.4, 0.5) is 0 Å². The summed E-state index contributed by atoms with van der Waals surface area (Å²) in [7, 11) is 1.69. The van der Waals surface area contributed by atoms with E-state index in [4.69, 9.17) is 4.74 Å². The predicted molar refractivity (Wildman–Crippen MR) is 108 cm³/mol. The summed E-state index contributed by atoms with van der Waals surface area (Å²) in [6.07, 6.45) is 1.02. The first-order valence-corrected chi connectivity index (χ1v) is 8.33. The first-order valence-electron chi connectivity index (χ1n) is 8.33. The number of rotatable bonds is 7. The van der Waals surface area contributed by atoms with Crippen molar-refractivity contribution in [2.24, 2.45) is 0 Å². The molecular formula is C22H24ClNO. The second kappa shape index (κ2) is 9.87. The first kappa shape index (κ1) is 19.0. The highest BCUT2D eigenvalue weighted by molar-refractivity contribution is 5.85. The fraction of sp³-hybridized carbons (Fsp3) is 0.182. The molecule has 0 bridgehead atoms. The minimum absolute atomic E-state index is 0. The Labute approximate surface area is 156 Å². The van der Waals surface area contributed by atoms with Crippen LogP contribution in [-0.4, -0.2) is 13.7 Å². The van der Waals surface area contributed by atoms with E-state index in [0.29, 0.717) is 0 Å². The van der Waals surface area contributed by atoms with E-state index in [1.165, 1.54) is 22.3 Å². The standard InChI is InChI=1S/C22H23NO.ClH/c1-24-22-13-9-18(10-14-22)15-16-23-17-19-7-11-21(12-8-19)20-5-3-2-4-6-20;/h2-14,23H,15-17H2,1H3;1H. The molecule has 0 heterocycles. The van der Waals surface area contributed by atoms with Crippen LogP contribution in [0.1, 0.15) is 11.1 Å². The van der Waals surface area contributed by atoms with Gasteiger partial charge in [-0.25, -0.2) is 0 Å². The van der Waals surface area contributed by atoms with Crippen molar-refractivity contribution in [1.29, 1.82) is 0 Å². The van der Waals surface area contributed by atoms with Crippen LogP contribution >= 0.6 is 12.4 Å². The molecule has 3 aromatic carbocycles. The molecule has 130 valence electrons. The molecule has 0 aliphatic rings. The lowest BCUT2D eigenvalue weighted by Crippen LogP contribution is -2.16. The third kappa shape index (κ3) is 5.63. The van der Waals surface area contributed by atoms with Gasteiger partial charge in [0.25, 0.3) is 0 Å². The summed E-state index contributed by atoms with van der Waals surface area (Å²) in [6, 6.07) is 27.5. The molecule has 0 aromatic heterocycles. The fourth-order valence-corrected chi connectivity index (χ4v) is 2.70. The van der Waals surface area contributed by atoms with Crippen molar-refractivity contribution in [2.45, 2.75) is 13.0 Å². The van der Waals surface area contributed by atoms with Gasteiger partial charge in [0.1, 0.15) is 5.75 Å². The van der Waals surface area contributed by atoms with Gasteiger partial charge >= 0.3 is 0 Å². The van der Waals surface area contributed by atoms with Crippen molar-refractivity contribution >= 4 is 12.4 Å². The molecule has 0 aliphatic heterocycles. The Kier molecular flexibility index (Phi) is 7.52. The molecule has 3 aromatic rings. The smallest absolute Gasteiger partial charge is 0.118 e. The van der Waals surface area contributed by atoms with Gasteiger partial charge in [-0.15, -0.1) is 12.4 Å². The highest BCUT2D eigenvalue weighted by Gasteiger charge is 1.98. The maximum Gasteiger partial charge on any atom is 0.118 e. The van der Waals surface area contributed by atoms with E-state index in [2.05, 4.69) is 66.0 Å². The molecule has 0 radical (unpaired) electrons. The Bertz CT molecular complexity index is 739. The number of ether oxygens (including phenoxy) is 1. The van der Waals surface area contributed by atoms with Gasteiger partial charge in [0.05, 0.1) is 7.11 Å². The summed E-state index contributed by atoms with van der Waals surface area (Å²) < 4.78 is 5.18. The Morgan fingerprint density at radius 1 is 0.720 bits per heavy atom. The van der Waals surface area contributed by atoms with Crippen LogP contribution in [0.2, 0.25) is 0 Å². The van der Waals surface area contributed by atoms with Crippen LogP contribution in [0.25, 0.3) is 11.1 Å². The number of hydrogen-bond acceptors (Lipinski definition) is 2. The number of methoxy groups -OCH3 is 1. The largest absolute Gasteiger partial charge is 0.497 e. The summed E-state index contributed by atoms with van der Waals surface area (Å²) in [5, 5.41) is 3.51. The molecule has 0 saturated carbocycles. The zero-order chi connectivity index (χ0) is 16.6. The van der Waals surface area contributed by atoms with Crippen molar-refractivity contribution in [1.82, 2.24) is 5.32 Å². The Balaban J connectivity index is 0.00000225. The number of nitrogens with one attached hydrogen (secondary N) is 1. The monoisotopic (exact) mass is 353 g/mol. The minimum Gasteiger partial charge on any atom is -0.497 e. The fourth-order valence-electron chi connectivity index (χ4n) is 2.70. The molecule has 0 saturated heterocycles. The lowest BCUT2D eigenvalue weighted by atomic mass is 10.0. The van der Waals surface area contributed by atoms with E-state index in [1.807, 2.05) is 18.2 Å². The van der Waals surface area contributed by atoms with E-state index < -0.39 is 0 Å². The zero-order valence-corrected chi connectivity index (χ0v) is 15.3. The molecule has 1 N–H and O–H groups in total. The van der Waals surface area contributed by atoms with Crippen molar-refractivity contribution in [3.05, 3.63) is 90.0 Å². The maximum absolute atomic E-state index is 5.18. The lowest BCUT2D eigenvalue weighted by Gasteiger charge is -2.07. The topological polar surface area (TPSA) is 21.3 Å². The highest BCUT2D eigenvalue weighted by Crippen LogP contribution is 2.19. The van der Waals surface area contributed by atoms with E-state index in [-0.39, 0.29) is 12.4 Å². The molecule has 0 amide bonds. The van der Waals surface area contributed by atoms with E-state index in [0.717, 1.165) is 25.3 Å².